The molecule has 2 aromatic rings. The Labute approximate surface area is 125 Å². The first-order valence-electron chi connectivity index (χ1n) is 6.94. The molecule has 2 rings (SSSR count). The third kappa shape index (κ3) is 4.87. The van der Waals surface area contributed by atoms with Gasteiger partial charge in [-0.25, -0.2) is 0 Å². The zero-order valence-corrected chi connectivity index (χ0v) is 12.2. The standard InChI is InChI=1S/C17H20ClNO/c18-15-9-11-16(12-10-15)20-17(13-19)8-4-7-14-5-2-1-3-6-14/h1-3,5-6,9-12,17H,4,7-8,13,19H2/t17-/m0/s1. The van der Waals surface area contributed by atoms with Crippen LogP contribution in [0.5, 0.6) is 5.75 Å². The van der Waals surface area contributed by atoms with Crippen molar-refractivity contribution in [2.45, 2.75) is 25.4 Å². The van der Waals surface area contributed by atoms with E-state index in [4.69, 9.17) is 22.1 Å². The van der Waals surface area contributed by atoms with Crippen molar-refractivity contribution in [1.82, 2.24) is 0 Å². The van der Waals surface area contributed by atoms with Crippen molar-refractivity contribution in [3.63, 3.8) is 0 Å². The number of hydrogen-bond donors (Lipinski definition) is 1. The highest BCUT2D eigenvalue weighted by Crippen LogP contribution is 2.18. The van der Waals surface area contributed by atoms with Gasteiger partial charge in [0.25, 0.3) is 0 Å². The van der Waals surface area contributed by atoms with Crippen molar-refractivity contribution >= 4 is 11.6 Å². The molecule has 0 aliphatic rings. The van der Waals surface area contributed by atoms with Crippen molar-refractivity contribution in [3.8, 4) is 5.75 Å². The van der Waals surface area contributed by atoms with Crippen LogP contribution in [0.3, 0.4) is 0 Å². The third-order valence-electron chi connectivity index (χ3n) is 3.21. The van der Waals surface area contributed by atoms with Crippen LogP contribution >= 0.6 is 11.6 Å². The minimum atomic E-state index is 0.0555. The summed E-state index contributed by atoms with van der Waals surface area (Å²) in [5.41, 5.74) is 7.14. The average molecular weight is 290 g/mol. The summed E-state index contributed by atoms with van der Waals surface area (Å²) >= 11 is 5.85. The first-order valence-corrected chi connectivity index (χ1v) is 7.32. The molecule has 0 aromatic heterocycles. The molecule has 0 fully saturated rings. The maximum Gasteiger partial charge on any atom is 0.119 e. The molecule has 0 saturated heterocycles. The molecule has 0 aliphatic carbocycles. The van der Waals surface area contributed by atoms with Crippen LogP contribution in [0.4, 0.5) is 0 Å². The van der Waals surface area contributed by atoms with Gasteiger partial charge in [-0.2, -0.15) is 0 Å². The Morgan fingerprint density at radius 2 is 1.70 bits per heavy atom. The van der Waals surface area contributed by atoms with E-state index >= 15 is 0 Å². The number of nitrogens with two attached hydrogens (primary N) is 1. The van der Waals surface area contributed by atoms with Crippen molar-refractivity contribution in [1.29, 1.82) is 0 Å². The number of ether oxygens (including phenoxy) is 1. The minimum Gasteiger partial charge on any atom is -0.489 e. The highest BCUT2D eigenvalue weighted by atomic mass is 35.5. The molecule has 1 atom stereocenters. The molecule has 0 heterocycles. The number of rotatable bonds is 7. The van der Waals surface area contributed by atoms with E-state index in [-0.39, 0.29) is 6.10 Å². The summed E-state index contributed by atoms with van der Waals surface area (Å²) in [6.45, 7) is 0.525. The van der Waals surface area contributed by atoms with E-state index in [0.29, 0.717) is 11.6 Å². The maximum atomic E-state index is 5.87. The van der Waals surface area contributed by atoms with E-state index in [1.165, 1.54) is 5.56 Å². The molecule has 2 aromatic carbocycles. The van der Waals surface area contributed by atoms with Crippen molar-refractivity contribution in [2.75, 3.05) is 6.54 Å². The predicted molar refractivity (Wildman–Crippen MR) is 84.3 cm³/mol. The van der Waals surface area contributed by atoms with Crippen LogP contribution in [0.2, 0.25) is 5.02 Å². The van der Waals surface area contributed by atoms with Crippen LogP contribution in [-0.2, 0) is 6.42 Å². The second-order valence-electron chi connectivity index (χ2n) is 4.81. The fraction of sp³-hybridized carbons (Fsp3) is 0.294. The van der Waals surface area contributed by atoms with Gasteiger partial charge >= 0.3 is 0 Å². The largest absolute Gasteiger partial charge is 0.489 e. The molecule has 3 heteroatoms. The van der Waals surface area contributed by atoms with Crippen molar-refractivity contribution in [3.05, 3.63) is 65.2 Å². The molecule has 106 valence electrons. The molecule has 0 aliphatic heterocycles. The van der Waals surface area contributed by atoms with Gasteiger partial charge in [-0.05, 0) is 49.1 Å². The smallest absolute Gasteiger partial charge is 0.119 e. The van der Waals surface area contributed by atoms with Crippen LogP contribution in [0, 0.1) is 0 Å². The number of benzene rings is 2. The highest BCUT2D eigenvalue weighted by Gasteiger charge is 2.08. The Bertz CT molecular complexity index is 498. The lowest BCUT2D eigenvalue weighted by molar-refractivity contribution is 0.196. The number of halogens is 1. The summed E-state index contributed by atoms with van der Waals surface area (Å²) in [5, 5.41) is 0.714. The molecular weight excluding hydrogens is 270 g/mol. The molecule has 0 spiro atoms. The Kier molecular flexibility index (Phi) is 5.90. The first kappa shape index (κ1) is 14.9. The van der Waals surface area contributed by atoms with Gasteiger partial charge in [-0.15, -0.1) is 0 Å². The molecule has 0 amide bonds. The van der Waals surface area contributed by atoms with Gasteiger partial charge in [0, 0.05) is 11.6 Å². The first-order chi connectivity index (χ1) is 9.78. The fourth-order valence-electron chi connectivity index (χ4n) is 2.11. The summed E-state index contributed by atoms with van der Waals surface area (Å²) in [7, 11) is 0. The predicted octanol–water partition coefficient (Wildman–Crippen LogP) is 4.07. The van der Waals surface area contributed by atoms with Crippen LogP contribution in [0.15, 0.2) is 54.6 Å². The Morgan fingerprint density at radius 1 is 1.00 bits per heavy atom. The van der Waals surface area contributed by atoms with Crippen LogP contribution < -0.4 is 10.5 Å². The van der Waals surface area contributed by atoms with E-state index in [1.807, 2.05) is 30.3 Å². The normalized spacial score (nSPS) is 12.1. The minimum absolute atomic E-state index is 0.0555. The van der Waals surface area contributed by atoms with Crippen LogP contribution in [0.1, 0.15) is 18.4 Å². The molecule has 0 radical (unpaired) electrons. The van der Waals surface area contributed by atoms with Crippen LogP contribution in [-0.4, -0.2) is 12.6 Å². The summed E-state index contributed by atoms with van der Waals surface area (Å²) in [5.74, 6) is 0.824. The quantitative estimate of drug-likeness (QED) is 0.834. The molecule has 0 unspecified atom stereocenters. The average Bonchev–Trinajstić information content (AvgIpc) is 2.49. The second kappa shape index (κ2) is 7.93. The van der Waals surface area contributed by atoms with E-state index < -0.39 is 0 Å². The molecule has 2 nitrogen and oxygen atoms in total. The summed E-state index contributed by atoms with van der Waals surface area (Å²) < 4.78 is 5.87. The van der Waals surface area contributed by atoms with Crippen molar-refractivity contribution in [2.24, 2.45) is 5.73 Å². The monoisotopic (exact) mass is 289 g/mol. The van der Waals surface area contributed by atoms with E-state index in [9.17, 15) is 0 Å². The molecule has 0 saturated carbocycles. The second-order valence-corrected chi connectivity index (χ2v) is 5.24. The van der Waals surface area contributed by atoms with Crippen molar-refractivity contribution < 1.29 is 4.74 Å². The number of aryl methyl sites for hydroxylation is 1. The van der Waals surface area contributed by atoms with Crippen LogP contribution in [0.25, 0.3) is 0 Å². The number of hydrogen-bond acceptors (Lipinski definition) is 2. The topological polar surface area (TPSA) is 35.2 Å². The molecule has 20 heavy (non-hydrogen) atoms. The van der Waals surface area contributed by atoms with Gasteiger partial charge in [-0.1, -0.05) is 41.9 Å². The van der Waals surface area contributed by atoms with Gasteiger partial charge < -0.3 is 10.5 Å². The van der Waals surface area contributed by atoms with E-state index in [0.717, 1.165) is 25.0 Å². The van der Waals surface area contributed by atoms with E-state index in [1.54, 1.807) is 0 Å². The lowest BCUT2D eigenvalue weighted by Gasteiger charge is -2.17. The fourth-order valence-corrected chi connectivity index (χ4v) is 2.24. The lowest BCUT2D eigenvalue weighted by atomic mass is 10.1. The molecule has 2 N–H and O–H groups in total. The SMILES string of the molecule is NC[C@H](CCCc1ccccc1)Oc1ccc(Cl)cc1. The summed E-state index contributed by atoms with van der Waals surface area (Å²) in [6.07, 6.45) is 3.13. The Balaban J connectivity index is 1.79. The van der Waals surface area contributed by atoms with E-state index in [2.05, 4.69) is 24.3 Å². The Hall–Kier alpha value is -1.51. The van der Waals surface area contributed by atoms with Gasteiger partial charge in [0.2, 0.25) is 0 Å². The van der Waals surface area contributed by atoms with Gasteiger partial charge in [0.05, 0.1) is 0 Å². The zero-order chi connectivity index (χ0) is 14.2. The summed E-state index contributed by atoms with van der Waals surface area (Å²) in [4.78, 5) is 0. The summed E-state index contributed by atoms with van der Waals surface area (Å²) in [6, 6.07) is 17.9. The Morgan fingerprint density at radius 3 is 2.35 bits per heavy atom. The van der Waals surface area contributed by atoms with Gasteiger partial charge in [0.1, 0.15) is 11.9 Å². The third-order valence-corrected chi connectivity index (χ3v) is 3.47. The highest BCUT2D eigenvalue weighted by molar-refractivity contribution is 6.30. The lowest BCUT2D eigenvalue weighted by Crippen LogP contribution is -2.26. The zero-order valence-electron chi connectivity index (χ0n) is 11.5. The molecular formula is C17H20ClNO. The maximum absolute atomic E-state index is 5.87. The van der Waals surface area contributed by atoms with Gasteiger partial charge in [0.15, 0.2) is 0 Å². The van der Waals surface area contributed by atoms with Gasteiger partial charge in [-0.3, -0.25) is 0 Å². The molecule has 0 bridgehead atoms.